The Morgan fingerprint density at radius 3 is 2.09 bits per heavy atom. The summed E-state index contributed by atoms with van der Waals surface area (Å²) in [6, 6.07) is 14.5. The van der Waals surface area contributed by atoms with Gasteiger partial charge >= 0.3 is 0 Å². The van der Waals surface area contributed by atoms with E-state index in [4.69, 9.17) is 0 Å². The second kappa shape index (κ2) is 7.75. The number of rotatable bonds is 5. The molecular weight excluding hydrogens is 344 g/mol. The lowest BCUT2D eigenvalue weighted by Gasteiger charge is -2.07. The molecule has 5 heteroatoms. The quantitative estimate of drug-likeness (QED) is 0.805. The number of carbonyl (C=O) groups is 2. The molecule has 0 bridgehead atoms. The lowest BCUT2D eigenvalue weighted by atomic mass is 10.1. The first kappa shape index (κ1) is 16.2. The fourth-order valence-electron chi connectivity index (χ4n) is 1.89. The summed E-state index contributed by atoms with van der Waals surface area (Å²) < 4.78 is 0.854. The van der Waals surface area contributed by atoms with Gasteiger partial charge in [0.15, 0.2) is 0 Å². The first-order valence-electron chi connectivity index (χ1n) is 6.95. The molecule has 0 atom stereocenters. The molecule has 0 radical (unpaired) electrons. The van der Waals surface area contributed by atoms with Crippen molar-refractivity contribution in [2.75, 3.05) is 13.1 Å². The van der Waals surface area contributed by atoms with Gasteiger partial charge in [0.2, 0.25) is 0 Å². The smallest absolute Gasteiger partial charge is 0.251 e. The van der Waals surface area contributed by atoms with E-state index in [1.807, 2.05) is 25.1 Å². The van der Waals surface area contributed by atoms with Crippen LogP contribution >= 0.6 is 15.9 Å². The van der Waals surface area contributed by atoms with E-state index < -0.39 is 0 Å². The highest BCUT2D eigenvalue weighted by atomic mass is 79.9. The van der Waals surface area contributed by atoms with E-state index in [1.165, 1.54) is 0 Å². The molecule has 2 aromatic carbocycles. The highest BCUT2D eigenvalue weighted by molar-refractivity contribution is 9.10. The van der Waals surface area contributed by atoms with Crippen LogP contribution in [-0.4, -0.2) is 24.9 Å². The molecule has 114 valence electrons. The van der Waals surface area contributed by atoms with Gasteiger partial charge in [0.1, 0.15) is 0 Å². The van der Waals surface area contributed by atoms with Crippen LogP contribution < -0.4 is 10.6 Å². The minimum atomic E-state index is -0.161. The number of aryl methyl sites for hydroxylation is 1. The summed E-state index contributed by atoms with van der Waals surface area (Å²) in [5, 5.41) is 5.54. The fraction of sp³-hybridized carbons (Fsp3) is 0.176. The van der Waals surface area contributed by atoms with Gasteiger partial charge in [-0.2, -0.15) is 0 Å². The molecule has 0 aliphatic rings. The van der Waals surface area contributed by atoms with Gasteiger partial charge in [0, 0.05) is 28.7 Å². The molecule has 2 rings (SSSR count). The van der Waals surface area contributed by atoms with Crippen molar-refractivity contribution < 1.29 is 9.59 Å². The SMILES string of the molecule is Cc1ccc(C(=O)NCCNC(=O)c2cccc(Br)c2)cc1. The lowest BCUT2D eigenvalue weighted by Crippen LogP contribution is -2.34. The first-order valence-corrected chi connectivity index (χ1v) is 7.74. The molecule has 0 heterocycles. The average molecular weight is 361 g/mol. The molecule has 0 aromatic heterocycles. The predicted octanol–water partition coefficient (Wildman–Crippen LogP) is 2.92. The Bertz CT molecular complexity index is 669. The number of nitrogens with one attached hydrogen (secondary N) is 2. The van der Waals surface area contributed by atoms with Gasteiger partial charge < -0.3 is 10.6 Å². The monoisotopic (exact) mass is 360 g/mol. The maximum absolute atomic E-state index is 11.9. The molecule has 0 fully saturated rings. The molecule has 0 aliphatic carbocycles. The summed E-state index contributed by atoms with van der Waals surface area (Å²) in [6.07, 6.45) is 0. The predicted molar refractivity (Wildman–Crippen MR) is 90.0 cm³/mol. The van der Waals surface area contributed by atoms with Gasteiger partial charge in [0.25, 0.3) is 11.8 Å². The van der Waals surface area contributed by atoms with Crippen LogP contribution in [0, 0.1) is 6.92 Å². The van der Waals surface area contributed by atoms with Crippen molar-refractivity contribution in [3.05, 3.63) is 69.7 Å². The zero-order chi connectivity index (χ0) is 15.9. The highest BCUT2D eigenvalue weighted by Gasteiger charge is 2.06. The lowest BCUT2D eigenvalue weighted by molar-refractivity contribution is 0.0927. The van der Waals surface area contributed by atoms with Crippen molar-refractivity contribution in [1.82, 2.24) is 10.6 Å². The summed E-state index contributed by atoms with van der Waals surface area (Å²) >= 11 is 3.33. The minimum absolute atomic E-state index is 0.142. The van der Waals surface area contributed by atoms with Gasteiger partial charge in [-0.15, -0.1) is 0 Å². The van der Waals surface area contributed by atoms with E-state index in [9.17, 15) is 9.59 Å². The minimum Gasteiger partial charge on any atom is -0.350 e. The summed E-state index contributed by atoms with van der Waals surface area (Å²) in [5.41, 5.74) is 2.31. The maximum atomic E-state index is 11.9. The van der Waals surface area contributed by atoms with E-state index in [2.05, 4.69) is 26.6 Å². The molecule has 2 aromatic rings. The molecule has 0 aliphatic heterocycles. The van der Waals surface area contributed by atoms with E-state index in [0.717, 1.165) is 10.0 Å². The average Bonchev–Trinajstić information content (AvgIpc) is 2.51. The van der Waals surface area contributed by atoms with Gasteiger partial charge in [-0.25, -0.2) is 0 Å². The third-order valence-electron chi connectivity index (χ3n) is 3.10. The van der Waals surface area contributed by atoms with Gasteiger partial charge in [-0.1, -0.05) is 39.7 Å². The molecule has 0 unspecified atom stereocenters. The van der Waals surface area contributed by atoms with Crippen LogP contribution in [0.5, 0.6) is 0 Å². The number of hydrogen-bond acceptors (Lipinski definition) is 2. The first-order chi connectivity index (χ1) is 10.6. The van der Waals surface area contributed by atoms with Gasteiger partial charge in [-0.05, 0) is 37.3 Å². The summed E-state index contributed by atoms with van der Waals surface area (Å²) in [7, 11) is 0. The molecular formula is C17H17BrN2O2. The second-order valence-electron chi connectivity index (χ2n) is 4.89. The van der Waals surface area contributed by atoms with Crippen molar-refractivity contribution >= 4 is 27.7 Å². The van der Waals surface area contributed by atoms with Crippen LogP contribution in [-0.2, 0) is 0 Å². The summed E-state index contributed by atoms with van der Waals surface area (Å²) in [4.78, 5) is 23.8. The number of amides is 2. The Labute approximate surface area is 138 Å². The molecule has 2 N–H and O–H groups in total. The molecule has 0 saturated carbocycles. The zero-order valence-corrected chi connectivity index (χ0v) is 13.8. The van der Waals surface area contributed by atoms with Crippen molar-refractivity contribution in [3.8, 4) is 0 Å². The Hall–Kier alpha value is -2.14. The molecule has 22 heavy (non-hydrogen) atoms. The molecule has 2 amide bonds. The number of carbonyl (C=O) groups excluding carboxylic acids is 2. The number of hydrogen-bond donors (Lipinski definition) is 2. The summed E-state index contributed by atoms with van der Waals surface area (Å²) in [6.45, 7) is 2.73. The molecule has 0 saturated heterocycles. The van der Waals surface area contributed by atoms with Crippen LogP contribution in [0.3, 0.4) is 0 Å². The Kier molecular flexibility index (Phi) is 5.72. The van der Waals surface area contributed by atoms with Crippen molar-refractivity contribution in [1.29, 1.82) is 0 Å². The van der Waals surface area contributed by atoms with E-state index >= 15 is 0 Å². The van der Waals surface area contributed by atoms with E-state index in [0.29, 0.717) is 24.2 Å². The molecule has 4 nitrogen and oxygen atoms in total. The maximum Gasteiger partial charge on any atom is 0.251 e. The third-order valence-corrected chi connectivity index (χ3v) is 3.59. The van der Waals surface area contributed by atoms with Crippen LogP contribution in [0.4, 0.5) is 0 Å². The molecule has 0 spiro atoms. The van der Waals surface area contributed by atoms with Gasteiger partial charge in [0.05, 0.1) is 0 Å². The highest BCUT2D eigenvalue weighted by Crippen LogP contribution is 2.11. The van der Waals surface area contributed by atoms with Crippen LogP contribution in [0.15, 0.2) is 53.0 Å². The Balaban J connectivity index is 1.76. The van der Waals surface area contributed by atoms with Crippen molar-refractivity contribution in [3.63, 3.8) is 0 Å². The fourth-order valence-corrected chi connectivity index (χ4v) is 2.29. The van der Waals surface area contributed by atoms with E-state index in [-0.39, 0.29) is 11.8 Å². The number of halogens is 1. The standard InChI is InChI=1S/C17H17BrN2O2/c1-12-5-7-13(8-6-12)16(21)19-9-10-20-17(22)14-3-2-4-15(18)11-14/h2-8,11H,9-10H2,1H3,(H,19,21)(H,20,22). The van der Waals surface area contributed by atoms with Crippen LogP contribution in [0.25, 0.3) is 0 Å². The van der Waals surface area contributed by atoms with Crippen molar-refractivity contribution in [2.45, 2.75) is 6.92 Å². The van der Waals surface area contributed by atoms with Crippen LogP contribution in [0.2, 0.25) is 0 Å². The topological polar surface area (TPSA) is 58.2 Å². The normalized spacial score (nSPS) is 10.1. The number of benzene rings is 2. The Morgan fingerprint density at radius 1 is 0.909 bits per heavy atom. The summed E-state index contributed by atoms with van der Waals surface area (Å²) in [5.74, 6) is -0.303. The van der Waals surface area contributed by atoms with Crippen LogP contribution in [0.1, 0.15) is 26.3 Å². The van der Waals surface area contributed by atoms with Crippen molar-refractivity contribution in [2.24, 2.45) is 0 Å². The zero-order valence-electron chi connectivity index (χ0n) is 12.2. The second-order valence-corrected chi connectivity index (χ2v) is 5.80. The third kappa shape index (κ3) is 4.70. The van der Waals surface area contributed by atoms with Gasteiger partial charge in [-0.3, -0.25) is 9.59 Å². The Morgan fingerprint density at radius 2 is 1.50 bits per heavy atom. The largest absolute Gasteiger partial charge is 0.350 e. The van der Waals surface area contributed by atoms with E-state index in [1.54, 1.807) is 30.3 Å².